The molecule has 16 heavy (non-hydrogen) atoms. The van der Waals surface area contributed by atoms with Gasteiger partial charge in [-0.15, -0.1) is 0 Å². The van der Waals surface area contributed by atoms with E-state index < -0.39 is 11.9 Å². The molecule has 0 radical (unpaired) electrons. The van der Waals surface area contributed by atoms with Crippen LogP contribution in [0.2, 0.25) is 0 Å². The van der Waals surface area contributed by atoms with E-state index in [9.17, 15) is 15.3 Å². The number of aliphatic hydroxyl groups is 3. The Hall–Kier alpha value is -0.160. The van der Waals surface area contributed by atoms with Crippen molar-refractivity contribution in [2.24, 2.45) is 11.7 Å². The Balaban J connectivity index is 3.75. The molecule has 0 saturated carbocycles. The first-order chi connectivity index (χ1) is 7.52. The summed E-state index contributed by atoms with van der Waals surface area (Å²) in [7, 11) is 0. The first-order valence-electron chi connectivity index (χ1n) is 6.39. The van der Waals surface area contributed by atoms with Crippen LogP contribution < -0.4 is 5.73 Å². The molecule has 1 unspecified atom stereocenters. The molecule has 0 aliphatic rings. The van der Waals surface area contributed by atoms with Crippen molar-refractivity contribution in [3.63, 3.8) is 0 Å². The molecule has 0 rings (SSSR count). The molecule has 0 spiro atoms. The average molecular weight is 233 g/mol. The molecule has 1 atom stereocenters. The molecule has 0 aliphatic carbocycles. The molecule has 4 nitrogen and oxygen atoms in total. The van der Waals surface area contributed by atoms with Crippen LogP contribution in [0.3, 0.4) is 0 Å². The summed E-state index contributed by atoms with van der Waals surface area (Å²) < 4.78 is 0. The predicted molar refractivity (Wildman–Crippen MR) is 64.5 cm³/mol. The Bertz CT molecular complexity index is 157. The van der Waals surface area contributed by atoms with E-state index in [1.54, 1.807) is 0 Å². The van der Waals surface area contributed by atoms with E-state index in [0.29, 0.717) is 25.8 Å². The number of hydrogen-bond acceptors (Lipinski definition) is 4. The summed E-state index contributed by atoms with van der Waals surface area (Å²) >= 11 is 0. The van der Waals surface area contributed by atoms with Gasteiger partial charge in [0.05, 0.1) is 0 Å². The van der Waals surface area contributed by atoms with Gasteiger partial charge in [-0.2, -0.15) is 0 Å². The molecule has 98 valence electrons. The van der Waals surface area contributed by atoms with E-state index in [2.05, 4.69) is 6.92 Å². The Morgan fingerprint density at radius 1 is 0.938 bits per heavy atom. The van der Waals surface area contributed by atoms with Gasteiger partial charge < -0.3 is 21.1 Å². The molecular formula is C12H27NO3. The maximum absolute atomic E-state index is 9.18. The average Bonchev–Trinajstić information content (AvgIpc) is 2.20. The lowest BCUT2D eigenvalue weighted by atomic mass is 9.93. The Kier molecular flexibility index (Phi) is 8.84. The highest BCUT2D eigenvalue weighted by atomic mass is 16.7. The lowest BCUT2D eigenvalue weighted by molar-refractivity contribution is -0.344. The van der Waals surface area contributed by atoms with Crippen LogP contribution in [-0.2, 0) is 0 Å². The van der Waals surface area contributed by atoms with Crippen molar-refractivity contribution in [2.75, 3.05) is 6.54 Å². The van der Waals surface area contributed by atoms with E-state index in [1.165, 1.54) is 19.3 Å². The van der Waals surface area contributed by atoms with Crippen molar-refractivity contribution in [1.29, 1.82) is 0 Å². The van der Waals surface area contributed by atoms with Crippen molar-refractivity contribution >= 4 is 0 Å². The summed E-state index contributed by atoms with van der Waals surface area (Å²) in [6.07, 6.45) is 7.53. The van der Waals surface area contributed by atoms with Crippen molar-refractivity contribution in [3.05, 3.63) is 0 Å². The zero-order valence-corrected chi connectivity index (χ0v) is 10.4. The van der Waals surface area contributed by atoms with Crippen molar-refractivity contribution in [3.8, 4) is 0 Å². The standard InChI is InChI=1S/C12H27NO3/c1-2-3-4-5-6-8-11(9-7-10-13)12(14,15)16/h11,14-16H,2-10,13H2,1H3. The van der Waals surface area contributed by atoms with Gasteiger partial charge in [0, 0.05) is 5.92 Å². The fourth-order valence-corrected chi connectivity index (χ4v) is 1.89. The molecule has 0 saturated heterocycles. The van der Waals surface area contributed by atoms with E-state index in [1.807, 2.05) is 0 Å². The van der Waals surface area contributed by atoms with Crippen LogP contribution in [0.25, 0.3) is 0 Å². The first-order valence-corrected chi connectivity index (χ1v) is 6.39. The van der Waals surface area contributed by atoms with Gasteiger partial charge in [-0.25, -0.2) is 0 Å². The van der Waals surface area contributed by atoms with Gasteiger partial charge in [0.2, 0.25) is 0 Å². The topological polar surface area (TPSA) is 86.7 Å². The molecule has 0 bridgehead atoms. The smallest absolute Gasteiger partial charge is 0.278 e. The maximum atomic E-state index is 9.18. The highest BCUT2D eigenvalue weighted by molar-refractivity contribution is 4.66. The molecule has 0 heterocycles. The van der Waals surface area contributed by atoms with E-state index in [0.717, 1.165) is 12.8 Å². The van der Waals surface area contributed by atoms with E-state index in [-0.39, 0.29) is 0 Å². The zero-order valence-electron chi connectivity index (χ0n) is 10.4. The second-order valence-corrected chi connectivity index (χ2v) is 4.52. The molecule has 0 aromatic rings. The van der Waals surface area contributed by atoms with Gasteiger partial charge in [-0.05, 0) is 25.8 Å². The third-order valence-corrected chi connectivity index (χ3v) is 2.96. The second kappa shape index (κ2) is 8.93. The molecule has 4 heteroatoms. The minimum Gasteiger partial charge on any atom is -0.343 e. The lowest BCUT2D eigenvalue weighted by Gasteiger charge is -2.25. The quantitative estimate of drug-likeness (QED) is 0.339. The first kappa shape index (κ1) is 15.8. The SMILES string of the molecule is CCCCCCCC(CCCN)C(O)(O)O. The van der Waals surface area contributed by atoms with Gasteiger partial charge in [-0.1, -0.05) is 39.0 Å². The van der Waals surface area contributed by atoms with Crippen LogP contribution in [0.1, 0.15) is 58.3 Å². The summed E-state index contributed by atoms with van der Waals surface area (Å²) in [6.45, 7) is 2.67. The van der Waals surface area contributed by atoms with Gasteiger partial charge in [-0.3, -0.25) is 0 Å². The summed E-state index contributed by atoms with van der Waals surface area (Å²) in [4.78, 5) is 0. The van der Waals surface area contributed by atoms with Crippen molar-refractivity contribution in [1.82, 2.24) is 0 Å². The van der Waals surface area contributed by atoms with Crippen LogP contribution in [-0.4, -0.2) is 27.8 Å². The number of rotatable bonds is 10. The van der Waals surface area contributed by atoms with Gasteiger partial charge >= 0.3 is 0 Å². The molecule has 5 N–H and O–H groups in total. The molecule has 0 aliphatic heterocycles. The fraction of sp³-hybridized carbons (Fsp3) is 1.00. The predicted octanol–water partition coefficient (Wildman–Crippen LogP) is 1.33. The molecule has 0 aromatic heterocycles. The highest BCUT2D eigenvalue weighted by Crippen LogP contribution is 2.24. The number of unbranched alkanes of at least 4 members (excludes halogenated alkanes) is 4. The zero-order chi connectivity index (χ0) is 12.4. The minimum atomic E-state index is -2.54. The third-order valence-electron chi connectivity index (χ3n) is 2.96. The Morgan fingerprint density at radius 2 is 1.50 bits per heavy atom. The molecule has 0 aromatic carbocycles. The van der Waals surface area contributed by atoms with Crippen LogP contribution in [0.4, 0.5) is 0 Å². The van der Waals surface area contributed by atoms with Crippen LogP contribution >= 0.6 is 0 Å². The maximum Gasteiger partial charge on any atom is 0.278 e. The second-order valence-electron chi connectivity index (χ2n) is 4.52. The van der Waals surface area contributed by atoms with Gasteiger partial charge in [0.15, 0.2) is 0 Å². The van der Waals surface area contributed by atoms with Gasteiger partial charge in [0.1, 0.15) is 0 Å². The van der Waals surface area contributed by atoms with Gasteiger partial charge in [0.25, 0.3) is 5.97 Å². The summed E-state index contributed by atoms with van der Waals surface area (Å²) in [6, 6.07) is 0. The molecule has 0 fully saturated rings. The van der Waals surface area contributed by atoms with Crippen LogP contribution in [0, 0.1) is 5.92 Å². The summed E-state index contributed by atoms with van der Waals surface area (Å²) in [5.74, 6) is -3.02. The highest BCUT2D eigenvalue weighted by Gasteiger charge is 2.30. The number of hydrogen-bond donors (Lipinski definition) is 4. The summed E-state index contributed by atoms with van der Waals surface area (Å²) in [5, 5.41) is 27.5. The largest absolute Gasteiger partial charge is 0.343 e. The Morgan fingerprint density at radius 3 is 2.00 bits per heavy atom. The fourth-order valence-electron chi connectivity index (χ4n) is 1.89. The van der Waals surface area contributed by atoms with Crippen molar-refractivity contribution < 1.29 is 15.3 Å². The molecule has 0 amide bonds. The minimum absolute atomic E-state index is 0.474. The normalized spacial score (nSPS) is 14.1. The number of nitrogens with two attached hydrogens (primary N) is 1. The van der Waals surface area contributed by atoms with Crippen molar-refractivity contribution in [2.45, 2.75) is 64.3 Å². The third kappa shape index (κ3) is 8.05. The van der Waals surface area contributed by atoms with E-state index in [4.69, 9.17) is 5.73 Å². The summed E-state index contributed by atoms with van der Waals surface area (Å²) in [5.41, 5.74) is 5.37. The Labute approximate surface area is 98.5 Å². The van der Waals surface area contributed by atoms with Crippen LogP contribution in [0.5, 0.6) is 0 Å². The lowest BCUT2D eigenvalue weighted by Crippen LogP contribution is -2.37. The van der Waals surface area contributed by atoms with Crippen LogP contribution in [0.15, 0.2) is 0 Å². The molecular weight excluding hydrogens is 206 g/mol. The van der Waals surface area contributed by atoms with E-state index >= 15 is 0 Å². The monoisotopic (exact) mass is 233 g/mol.